The summed E-state index contributed by atoms with van der Waals surface area (Å²) in [7, 11) is 0. The van der Waals surface area contributed by atoms with Crippen LogP contribution >= 0.6 is 27.5 Å². The first kappa shape index (κ1) is 14.8. The SMILES string of the molecule is CCCN1CCN(C(=O)c2cccc(Br)c2Cl)CC1. The number of carbonyl (C=O) groups is 1. The number of halogens is 2. The molecule has 19 heavy (non-hydrogen) atoms. The highest BCUT2D eigenvalue weighted by Gasteiger charge is 2.23. The van der Waals surface area contributed by atoms with Gasteiger partial charge in [-0.3, -0.25) is 9.69 Å². The molecule has 2 rings (SSSR count). The number of nitrogens with zero attached hydrogens (tertiary/aromatic N) is 2. The summed E-state index contributed by atoms with van der Waals surface area (Å²) in [6.45, 7) is 6.75. The van der Waals surface area contributed by atoms with Gasteiger partial charge in [0.25, 0.3) is 5.91 Å². The molecule has 0 aromatic heterocycles. The van der Waals surface area contributed by atoms with E-state index in [1.54, 1.807) is 6.07 Å². The summed E-state index contributed by atoms with van der Waals surface area (Å²) in [5, 5.41) is 0.503. The normalized spacial score (nSPS) is 16.7. The molecule has 1 heterocycles. The number of benzene rings is 1. The van der Waals surface area contributed by atoms with E-state index in [1.807, 2.05) is 17.0 Å². The first-order valence-corrected chi connectivity index (χ1v) is 7.76. The molecule has 1 aromatic carbocycles. The van der Waals surface area contributed by atoms with Gasteiger partial charge in [-0.25, -0.2) is 0 Å². The van der Waals surface area contributed by atoms with Gasteiger partial charge < -0.3 is 4.90 Å². The number of hydrogen-bond donors (Lipinski definition) is 0. The molecule has 1 saturated heterocycles. The minimum Gasteiger partial charge on any atom is -0.336 e. The molecule has 0 atom stereocenters. The predicted octanol–water partition coefficient (Wildman–Crippen LogP) is 3.27. The molecule has 0 spiro atoms. The van der Waals surface area contributed by atoms with Crippen molar-refractivity contribution >= 4 is 33.4 Å². The van der Waals surface area contributed by atoms with Crippen molar-refractivity contribution in [2.24, 2.45) is 0 Å². The number of hydrogen-bond acceptors (Lipinski definition) is 2. The predicted molar refractivity (Wildman–Crippen MR) is 81.8 cm³/mol. The largest absolute Gasteiger partial charge is 0.336 e. The van der Waals surface area contributed by atoms with E-state index in [0.29, 0.717) is 10.6 Å². The van der Waals surface area contributed by atoms with Crippen LogP contribution in [0.4, 0.5) is 0 Å². The summed E-state index contributed by atoms with van der Waals surface area (Å²) in [5.41, 5.74) is 0.583. The lowest BCUT2D eigenvalue weighted by Crippen LogP contribution is -2.48. The summed E-state index contributed by atoms with van der Waals surface area (Å²) in [6.07, 6.45) is 1.16. The van der Waals surface area contributed by atoms with E-state index in [2.05, 4.69) is 27.8 Å². The monoisotopic (exact) mass is 344 g/mol. The number of amides is 1. The average Bonchev–Trinajstić information content (AvgIpc) is 2.42. The molecule has 0 unspecified atom stereocenters. The van der Waals surface area contributed by atoms with Crippen LogP contribution in [0.25, 0.3) is 0 Å². The van der Waals surface area contributed by atoms with Crippen molar-refractivity contribution in [2.45, 2.75) is 13.3 Å². The molecule has 1 aliphatic rings. The van der Waals surface area contributed by atoms with Gasteiger partial charge in [-0.05, 0) is 41.0 Å². The van der Waals surface area contributed by atoms with Crippen LogP contribution in [0.1, 0.15) is 23.7 Å². The van der Waals surface area contributed by atoms with Crippen molar-refractivity contribution in [3.63, 3.8) is 0 Å². The summed E-state index contributed by atoms with van der Waals surface area (Å²) in [6, 6.07) is 5.47. The molecule has 1 aromatic rings. The Labute approximate surface area is 127 Å². The lowest BCUT2D eigenvalue weighted by atomic mass is 10.2. The Balaban J connectivity index is 2.03. The number of rotatable bonds is 3. The maximum absolute atomic E-state index is 12.4. The van der Waals surface area contributed by atoms with E-state index in [0.717, 1.165) is 43.6 Å². The third kappa shape index (κ3) is 3.50. The molecule has 3 nitrogen and oxygen atoms in total. The van der Waals surface area contributed by atoms with Crippen LogP contribution in [0, 0.1) is 0 Å². The van der Waals surface area contributed by atoms with Gasteiger partial charge in [0.15, 0.2) is 0 Å². The van der Waals surface area contributed by atoms with Gasteiger partial charge in [-0.1, -0.05) is 24.6 Å². The highest BCUT2D eigenvalue weighted by Crippen LogP contribution is 2.27. The Bertz CT molecular complexity index is 459. The van der Waals surface area contributed by atoms with Crippen molar-refractivity contribution in [3.05, 3.63) is 33.3 Å². The molecule has 104 valence electrons. The minimum absolute atomic E-state index is 0.0300. The zero-order chi connectivity index (χ0) is 13.8. The quantitative estimate of drug-likeness (QED) is 0.839. The first-order chi connectivity index (χ1) is 9.13. The maximum Gasteiger partial charge on any atom is 0.255 e. The van der Waals surface area contributed by atoms with Gasteiger partial charge in [-0.2, -0.15) is 0 Å². The van der Waals surface area contributed by atoms with Crippen molar-refractivity contribution < 1.29 is 4.79 Å². The number of piperazine rings is 1. The Kier molecular flexibility index (Phi) is 5.25. The molecule has 1 amide bonds. The van der Waals surface area contributed by atoms with E-state index in [-0.39, 0.29) is 5.91 Å². The lowest BCUT2D eigenvalue weighted by molar-refractivity contribution is 0.0637. The molecule has 5 heteroatoms. The van der Waals surface area contributed by atoms with Crippen LogP contribution in [0.15, 0.2) is 22.7 Å². The van der Waals surface area contributed by atoms with Gasteiger partial charge in [0.05, 0.1) is 10.6 Å². The van der Waals surface area contributed by atoms with E-state index in [9.17, 15) is 4.79 Å². The van der Waals surface area contributed by atoms with Gasteiger partial charge in [-0.15, -0.1) is 0 Å². The molecular formula is C14H18BrClN2O. The highest BCUT2D eigenvalue weighted by molar-refractivity contribution is 9.10. The van der Waals surface area contributed by atoms with E-state index in [4.69, 9.17) is 11.6 Å². The van der Waals surface area contributed by atoms with Crippen LogP contribution in [-0.4, -0.2) is 48.4 Å². The Morgan fingerprint density at radius 3 is 2.63 bits per heavy atom. The van der Waals surface area contributed by atoms with E-state index < -0.39 is 0 Å². The van der Waals surface area contributed by atoms with Gasteiger partial charge >= 0.3 is 0 Å². The van der Waals surface area contributed by atoms with Crippen LogP contribution in [-0.2, 0) is 0 Å². The molecule has 0 radical (unpaired) electrons. The Morgan fingerprint density at radius 2 is 2.00 bits per heavy atom. The molecule has 1 fully saturated rings. The summed E-state index contributed by atoms with van der Waals surface area (Å²) < 4.78 is 0.768. The van der Waals surface area contributed by atoms with E-state index in [1.165, 1.54) is 0 Å². The van der Waals surface area contributed by atoms with Gasteiger partial charge in [0, 0.05) is 30.7 Å². The smallest absolute Gasteiger partial charge is 0.255 e. The second kappa shape index (κ2) is 6.73. The van der Waals surface area contributed by atoms with Crippen LogP contribution in [0.5, 0.6) is 0 Å². The molecule has 0 saturated carbocycles. The standard InChI is InChI=1S/C14H18BrClN2O/c1-2-6-17-7-9-18(10-8-17)14(19)11-4-3-5-12(15)13(11)16/h3-5H,2,6-10H2,1H3. The topological polar surface area (TPSA) is 23.6 Å². The second-order valence-electron chi connectivity index (χ2n) is 4.74. The zero-order valence-corrected chi connectivity index (χ0v) is 13.4. The third-order valence-electron chi connectivity index (χ3n) is 3.38. The van der Waals surface area contributed by atoms with Crippen molar-refractivity contribution in [1.29, 1.82) is 0 Å². The fraction of sp³-hybridized carbons (Fsp3) is 0.500. The molecular weight excluding hydrogens is 328 g/mol. The van der Waals surface area contributed by atoms with Crippen LogP contribution in [0.2, 0.25) is 5.02 Å². The van der Waals surface area contributed by atoms with Gasteiger partial charge in [0.1, 0.15) is 0 Å². The summed E-state index contributed by atoms with van der Waals surface area (Å²) >= 11 is 9.54. The van der Waals surface area contributed by atoms with Crippen molar-refractivity contribution in [1.82, 2.24) is 9.80 Å². The fourth-order valence-electron chi connectivity index (χ4n) is 2.33. The Morgan fingerprint density at radius 1 is 1.32 bits per heavy atom. The second-order valence-corrected chi connectivity index (χ2v) is 5.97. The highest BCUT2D eigenvalue weighted by atomic mass is 79.9. The summed E-state index contributed by atoms with van der Waals surface area (Å²) in [5.74, 6) is 0.0300. The van der Waals surface area contributed by atoms with Crippen LogP contribution < -0.4 is 0 Å². The number of carbonyl (C=O) groups excluding carboxylic acids is 1. The average molecular weight is 346 g/mol. The third-order valence-corrected chi connectivity index (χ3v) is 4.68. The van der Waals surface area contributed by atoms with Crippen LogP contribution in [0.3, 0.4) is 0 Å². The molecule has 0 bridgehead atoms. The first-order valence-electron chi connectivity index (χ1n) is 6.59. The van der Waals surface area contributed by atoms with Gasteiger partial charge in [0.2, 0.25) is 0 Å². The summed E-state index contributed by atoms with van der Waals surface area (Å²) in [4.78, 5) is 16.7. The van der Waals surface area contributed by atoms with Crippen molar-refractivity contribution in [2.75, 3.05) is 32.7 Å². The molecule has 0 aliphatic carbocycles. The van der Waals surface area contributed by atoms with Crippen molar-refractivity contribution in [3.8, 4) is 0 Å². The molecule has 0 N–H and O–H groups in total. The zero-order valence-electron chi connectivity index (χ0n) is 11.0. The maximum atomic E-state index is 12.4. The fourth-order valence-corrected chi connectivity index (χ4v) is 2.90. The van der Waals surface area contributed by atoms with E-state index >= 15 is 0 Å². The lowest BCUT2D eigenvalue weighted by Gasteiger charge is -2.34. The Hall–Kier alpha value is -0.580. The minimum atomic E-state index is 0.0300. The molecule has 1 aliphatic heterocycles.